The molecule has 1 aliphatic heterocycles. The maximum atomic E-state index is 12.6. The summed E-state index contributed by atoms with van der Waals surface area (Å²) in [5, 5.41) is 15.1. The van der Waals surface area contributed by atoms with Gasteiger partial charge in [0.1, 0.15) is 11.9 Å². The van der Waals surface area contributed by atoms with Crippen molar-refractivity contribution in [3.63, 3.8) is 0 Å². The molecular formula is C24H35F2N3O4. The molecule has 0 spiro atoms. The quantitative estimate of drug-likeness (QED) is 0.408. The number of nitrogens with zero attached hydrogens (tertiary/aromatic N) is 1. The summed E-state index contributed by atoms with van der Waals surface area (Å²) in [6.45, 7) is 2.82. The van der Waals surface area contributed by atoms with Crippen molar-refractivity contribution >= 4 is 17.7 Å². The largest absolute Gasteiger partial charge is 0.480 e. The van der Waals surface area contributed by atoms with Gasteiger partial charge in [0, 0.05) is 37.6 Å². The number of ether oxygens (including phenoxy) is 1. The molecule has 2 aliphatic rings. The van der Waals surface area contributed by atoms with Gasteiger partial charge in [-0.15, -0.1) is 0 Å². The zero-order valence-corrected chi connectivity index (χ0v) is 19.2. The number of halogens is 2. The lowest BCUT2D eigenvalue weighted by Gasteiger charge is -2.35. The van der Waals surface area contributed by atoms with Crippen molar-refractivity contribution in [2.75, 3.05) is 18.5 Å². The van der Waals surface area contributed by atoms with Crippen LogP contribution in [-0.2, 0) is 27.2 Å². The van der Waals surface area contributed by atoms with Crippen LogP contribution in [0.15, 0.2) is 12.1 Å². The summed E-state index contributed by atoms with van der Waals surface area (Å²) in [4.78, 5) is 28.3. The van der Waals surface area contributed by atoms with Crippen molar-refractivity contribution in [1.29, 1.82) is 0 Å². The van der Waals surface area contributed by atoms with E-state index >= 15 is 0 Å². The second-order valence-electron chi connectivity index (χ2n) is 9.13. The lowest BCUT2D eigenvalue weighted by molar-refractivity contribution is -0.143. The molecule has 33 heavy (non-hydrogen) atoms. The van der Waals surface area contributed by atoms with Gasteiger partial charge < -0.3 is 20.5 Å². The highest BCUT2D eigenvalue weighted by molar-refractivity contribution is 5.84. The van der Waals surface area contributed by atoms with Crippen LogP contribution in [0.2, 0.25) is 0 Å². The van der Waals surface area contributed by atoms with Crippen molar-refractivity contribution in [1.82, 2.24) is 10.3 Å². The Kier molecular flexibility index (Phi) is 9.41. The number of nitrogens with one attached hydrogen (secondary N) is 2. The van der Waals surface area contributed by atoms with Crippen LogP contribution >= 0.6 is 0 Å². The van der Waals surface area contributed by atoms with E-state index < -0.39 is 36.7 Å². The monoisotopic (exact) mass is 467 g/mol. The van der Waals surface area contributed by atoms with Crippen LogP contribution in [0.1, 0.15) is 63.1 Å². The minimum Gasteiger partial charge on any atom is -0.480 e. The van der Waals surface area contributed by atoms with E-state index in [0.717, 1.165) is 56.6 Å². The molecule has 0 saturated heterocycles. The molecule has 1 aromatic rings. The van der Waals surface area contributed by atoms with E-state index in [-0.39, 0.29) is 25.6 Å². The number of pyridine rings is 1. The first-order chi connectivity index (χ1) is 15.9. The standard InChI is InChI=1S/C24H35F2N3O4/c1-2-16(14-21(25)26)23(30)29-20(24(31)32)9-11-33-19-12-15(13-19)5-7-18-8-6-17-4-3-10-27-22(17)28-18/h6,8,15-16,19-21H,2-5,7,9-14H2,1H3,(H,27,28)(H,29,30)(H,31,32)/t15-,16-,19-,20-/m0/s1. The van der Waals surface area contributed by atoms with E-state index in [9.17, 15) is 23.5 Å². The minimum atomic E-state index is -2.60. The van der Waals surface area contributed by atoms with Crippen LogP contribution < -0.4 is 10.6 Å². The maximum absolute atomic E-state index is 12.6. The van der Waals surface area contributed by atoms with Crippen LogP contribution in [0, 0.1) is 11.8 Å². The molecule has 1 amide bonds. The molecule has 0 radical (unpaired) electrons. The number of amides is 1. The molecule has 9 heteroatoms. The first-order valence-corrected chi connectivity index (χ1v) is 12.0. The normalized spacial score (nSPS) is 21.5. The van der Waals surface area contributed by atoms with Crippen LogP contribution in [0.25, 0.3) is 0 Å². The molecule has 0 bridgehead atoms. The van der Waals surface area contributed by atoms with Crippen LogP contribution in [0.3, 0.4) is 0 Å². The smallest absolute Gasteiger partial charge is 0.326 e. The molecule has 1 aromatic heterocycles. The zero-order chi connectivity index (χ0) is 23.8. The van der Waals surface area contributed by atoms with Gasteiger partial charge in [0.25, 0.3) is 0 Å². The Morgan fingerprint density at radius 1 is 1.33 bits per heavy atom. The Bertz CT molecular complexity index is 802. The van der Waals surface area contributed by atoms with Gasteiger partial charge in [0.2, 0.25) is 12.3 Å². The topological polar surface area (TPSA) is 101 Å². The van der Waals surface area contributed by atoms with Crippen LogP contribution in [0.4, 0.5) is 14.6 Å². The SMILES string of the molecule is CC[C@@H](CC(F)F)C(=O)N[C@@H](CCO[C@H]1C[C@H](CCc2ccc3c(n2)NCCC3)C1)C(=O)O. The third-order valence-electron chi connectivity index (χ3n) is 6.65. The van der Waals surface area contributed by atoms with Gasteiger partial charge in [-0.25, -0.2) is 18.6 Å². The third-order valence-corrected chi connectivity index (χ3v) is 6.65. The Morgan fingerprint density at radius 3 is 2.82 bits per heavy atom. The molecular weight excluding hydrogens is 432 g/mol. The lowest BCUT2D eigenvalue weighted by Crippen LogP contribution is -2.45. The number of carbonyl (C=O) groups excluding carboxylic acids is 1. The minimum absolute atomic E-state index is 0.0977. The molecule has 0 aromatic carbocycles. The molecule has 0 unspecified atom stereocenters. The second-order valence-corrected chi connectivity index (χ2v) is 9.13. The zero-order valence-electron chi connectivity index (χ0n) is 19.2. The molecule has 184 valence electrons. The third kappa shape index (κ3) is 7.62. The molecule has 1 fully saturated rings. The number of aryl methyl sites for hydroxylation is 2. The van der Waals surface area contributed by atoms with E-state index in [0.29, 0.717) is 5.92 Å². The van der Waals surface area contributed by atoms with E-state index in [4.69, 9.17) is 9.72 Å². The number of rotatable bonds is 13. The van der Waals surface area contributed by atoms with E-state index in [1.807, 2.05) is 0 Å². The average molecular weight is 468 g/mol. The number of aromatic nitrogens is 1. The fraction of sp³-hybridized carbons (Fsp3) is 0.708. The summed E-state index contributed by atoms with van der Waals surface area (Å²) in [6.07, 6.45) is 3.34. The van der Waals surface area contributed by atoms with Gasteiger partial charge in [-0.1, -0.05) is 13.0 Å². The molecule has 1 saturated carbocycles. The Hall–Kier alpha value is -2.29. The molecule has 7 nitrogen and oxygen atoms in total. The average Bonchev–Trinajstić information content (AvgIpc) is 2.76. The number of carbonyl (C=O) groups is 2. The van der Waals surface area contributed by atoms with Crippen molar-refractivity contribution in [3.8, 4) is 0 Å². The van der Waals surface area contributed by atoms with Crippen molar-refractivity contribution in [2.45, 2.75) is 83.3 Å². The summed E-state index contributed by atoms with van der Waals surface area (Å²) in [5.74, 6) is -1.12. The fourth-order valence-electron chi connectivity index (χ4n) is 4.48. The Labute approximate surface area is 193 Å². The van der Waals surface area contributed by atoms with Gasteiger partial charge in [0.15, 0.2) is 0 Å². The summed E-state index contributed by atoms with van der Waals surface area (Å²) < 4.78 is 31.0. The number of fused-ring (bicyclic) bond motifs is 1. The van der Waals surface area contributed by atoms with Gasteiger partial charge in [-0.2, -0.15) is 0 Å². The summed E-state index contributed by atoms with van der Waals surface area (Å²) in [7, 11) is 0. The predicted octanol–water partition coefficient (Wildman–Crippen LogP) is 3.81. The number of hydrogen-bond donors (Lipinski definition) is 3. The number of anilines is 1. The summed E-state index contributed by atoms with van der Waals surface area (Å²) in [5.41, 5.74) is 2.39. The molecule has 2 heterocycles. The van der Waals surface area contributed by atoms with Crippen molar-refractivity contribution < 1.29 is 28.2 Å². The van der Waals surface area contributed by atoms with Gasteiger partial charge in [-0.05, 0) is 62.5 Å². The summed E-state index contributed by atoms with van der Waals surface area (Å²) >= 11 is 0. The number of aliphatic carboxylic acids is 1. The van der Waals surface area contributed by atoms with Crippen molar-refractivity contribution in [3.05, 3.63) is 23.4 Å². The molecule has 3 rings (SSSR count). The van der Waals surface area contributed by atoms with Crippen LogP contribution in [0.5, 0.6) is 0 Å². The van der Waals surface area contributed by atoms with Crippen molar-refractivity contribution in [2.24, 2.45) is 11.8 Å². The van der Waals surface area contributed by atoms with Crippen LogP contribution in [-0.4, -0.2) is 53.7 Å². The first-order valence-electron chi connectivity index (χ1n) is 12.0. The molecule has 1 aliphatic carbocycles. The van der Waals surface area contributed by atoms with Gasteiger partial charge in [0.05, 0.1) is 6.10 Å². The summed E-state index contributed by atoms with van der Waals surface area (Å²) in [6, 6.07) is 3.15. The predicted molar refractivity (Wildman–Crippen MR) is 120 cm³/mol. The highest BCUT2D eigenvalue weighted by atomic mass is 19.3. The Balaban J connectivity index is 1.33. The second kappa shape index (κ2) is 12.3. The first kappa shape index (κ1) is 25.3. The van der Waals surface area contributed by atoms with E-state index in [1.54, 1.807) is 6.92 Å². The lowest BCUT2D eigenvalue weighted by atomic mass is 9.79. The highest BCUT2D eigenvalue weighted by Crippen LogP contribution is 2.34. The Morgan fingerprint density at radius 2 is 2.12 bits per heavy atom. The van der Waals surface area contributed by atoms with E-state index in [2.05, 4.69) is 22.8 Å². The maximum Gasteiger partial charge on any atom is 0.326 e. The molecule has 2 atom stereocenters. The highest BCUT2D eigenvalue weighted by Gasteiger charge is 2.31. The molecule has 3 N–H and O–H groups in total. The number of alkyl halides is 2. The number of carboxylic acids is 1. The number of hydrogen-bond acceptors (Lipinski definition) is 5. The number of carboxylic acid groups (broad SMARTS) is 1. The van der Waals surface area contributed by atoms with Gasteiger partial charge in [-0.3, -0.25) is 4.79 Å². The van der Waals surface area contributed by atoms with Gasteiger partial charge >= 0.3 is 5.97 Å². The van der Waals surface area contributed by atoms with E-state index in [1.165, 1.54) is 5.56 Å². The fourth-order valence-corrected chi connectivity index (χ4v) is 4.48.